The molecule has 2 aromatic carbocycles. The van der Waals surface area contributed by atoms with Crippen molar-refractivity contribution in [3.63, 3.8) is 0 Å². The van der Waals surface area contributed by atoms with Crippen molar-refractivity contribution < 1.29 is 22.7 Å². The van der Waals surface area contributed by atoms with Gasteiger partial charge in [0.15, 0.2) is 6.61 Å². The van der Waals surface area contributed by atoms with Crippen LogP contribution in [0.2, 0.25) is 5.02 Å². The van der Waals surface area contributed by atoms with E-state index in [2.05, 4.69) is 0 Å². The second-order valence-electron chi connectivity index (χ2n) is 8.13. The standard InChI is InChI=1S/C23H25ClN2O5S/c1-16-13-17-7-3-4-8-20(17)26(16)22(27)15-31-23(28)18-9-10-19(24)21(14-18)32(29,30)25-11-5-2-6-12-25/h3-4,7-10,14,16H,2,5-6,11-13,15H2,1H3/t16-/m1/s1. The van der Waals surface area contributed by atoms with Crippen molar-refractivity contribution in [1.29, 1.82) is 0 Å². The summed E-state index contributed by atoms with van der Waals surface area (Å²) < 4.78 is 32.6. The van der Waals surface area contributed by atoms with E-state index in [9.17, 15) is 18.0 Å². The van der Waals surface area contributed by atoms with Crippen LogP contribution in [-0.4, -0.2) is 50.3 Å². The van der Waals surface area contributed by atoms with Gasteiger partial charge in [-0.2, -0.15) is 4.31 Å². The van der Waals surface area contributed by atoms with Crippen LogP contribution < -0.4 is 4.90 Å². The van der Waals surface area contributed by atoms with Crippen LogP contribution in [0.5, 0.6) is 0 Å². The Labute approximate surface area is 193 Å². The maximum atomic E-state index is 13.0. The molecule has 7 nitrogen and oxygen atoms in total. The molecule has 0 N–H and O–H groups in total. The number of esters is 1. The molecule has 32 heavy (non-hydrogen) atoms. The number of hydrogen-bond acceptors (Lipinski definition) is 5. The number of sulfonamides is 1. The molecule has 2 aliphatic rings. The molecule has 1 fully saturated rings. The van der Waals surface area contributed by atoms with Crippen LogP contribution in [0, 0.1) is 0 Å². The second-order valence-corrected chi connectivity index (χ2v) is 10.4. The zero-order chi connectivity index (χ0) is 22.9. The molecule has 0 spiro atoms. The molecule has 170 valence electrons. The number of ether oxygens (including phenoxy) is 1. The molecule has 2 heterocycles. The van der Waals surface area contributed by atoms with Crippen LogP contribution in [0.4, 0.5) is 5.69 Å². The maximum absolute atomic E-state index is 13.0. The second kappa shape index (κ2) is 9.21. The number of hydrogen-bond donors (Lipinski definition) is 0. The molecule has 4 rings (SSSR count). The number of piperidine rings is 1. The third-order valence-electron chi connectivity index (χ3n) is 5.90. The molecule has 2 aromatic rings. The lowest BCUT2D eigenvalue weighted by Crippen LogP contribution is -2.38. The van der Waals surface area contributed by atoms with E-state index in [0.29, 0.717) is 13.1 Å². The molecule has 9 heteroatoms. The minimum Gasteiger partial charge on any atom is -0.452 e. The fraction of sp³-hybridized carbons (Fsp3) is 0.391. The Morgan fingerprint density at radius 2 is 1.81 bits per heavy atom. The monoisotopic (exact) mass is 476 g/mol. The van der Waals surface area contributed by atoms with Crippen LogP contribution in [-0.2, 0) is 26.0 Å². The predicted octanol–water partition coefficient (Wildman–Crippen LogP) is 3.65. The summed E-state index contributed by atoms with van der Waals surface area (Å²) >= 11 is 6.16. The molecule has 0 bridgehead atoms. The van der Waals surface area contributed by atoms with Crippen molar-refractivity contribution >= 4 is 39.2 Å². The summed E-state index contributed by atoms with van der Waals surface area (Å²) in [7, 11) is -3.82. The fourth-order valence-electron chi connectivity index (χ4n) is 4.30. The van der Waals surface area contributed by atoms with Crippen LogP contribution in [0.3, 0.4) is 0 Å². The Bertz CT molecular complexity index is 1140. The highest BCUT2D eigenvalue weighted by Crippen LogP contribution is 2.32. The molecule has 0 saturated carbocycles. The number of carbonyl (C=O) groups excluding carboxylic acids is 2. The van der Waals surface area contributed by atoms with Gasteiger partial charge in [-0.25, -0.2) is 13.2 Å². The molecule has 0 unspecified atom stereocenters. The third kappa shape index (κ3) is 4.40. The Hall–Kier alpha value is -2.42. The van der Waals surface area contributed by atoms with Gasteiger partial charge in [0.1, 0.15) is 4.90 Å². The van der Waals surface area contributed by atoms with E-state index >= 15 is 0 Å². The van der Waals surface area contributed by atoms with Gasteiger partial charge >= 0.3 is 5.97 Å². The van der Waals surface area contributed by atoms with Gasteiger partial charge in [-0.1, -0.05) is 36.2 Å². The smallest absolute Gasteiger partial charge is 0.338 e. The number of rotatable bonds is 5. The molecular weight excluding hydrogens is 452 g/mol. The van der Waals surface area contributed by atoms with Crippen molar-refractivity contribution in [2.24, 2.45) is 0 Å². The average molecular weight is 477 g/mol. The summed E-state index contributed by atoms with van der Waals surface area (Å²) in [5.74, 6) is -1.10. The van der Waals surface area contributed by atoms with Gasteiger partial charge in [0.05, 0.1) is 10.6 Å². The highest BCUT2D eigenvalue weighted by Gasteiger charge is 2.32. The summed E-state index contributed by atoms with van der Waals surface area (Å²) in [6.45, 7) is 2.36. The molecule has 1 atom stereocenters. The van der Waals surface area contributed by atoms with Gasteiger partial charge in [0.25, 0.3) is 5.91 Å². The van der Waals surface area contributed by atoms with Gasteiger partial charge < -0.3 is 9.64 Å². The number of amides is 1. The van der Waals surface area contributed by atoms with Crippen molar-refractivity contribution in [1.82, 2.24) is 4.31 Å². The SMILES string of the molecule is C[C@@H]1Cc2ccccc2N1C(=O)COC(=O)c1ccc(Cl)c(S(=O)(=O)N2CCCCC2)c1. The van der Waals surface area contributed by atoms with E-state index in [0.717, 1.165) is 36.9 Å². The Kier molecular flexibility index (Phi) is 6.55. The number of carbonyl (C=O) groups is 2. The van der Waals surface area contributed by atoms with Crippen molar-refractivity contribution in [2.45, 2.75) is 43.5 Å². The van der Waals surface area contributed by atoms with E-state index < -0.39 is 22.6 Å². The van der Waals surface area contributed by atoms with Gasteiger partial charge in [-0.3, -0.25) is 4.79 Å². The number of benzene rings is 2. The lowest BCUT2D eigenvalue weighted by molar-refractivity contribution is -0.122. The van der Waals surface area contributed by atoms with Gasteiger partial charge in [-0.15, -0.1) is 0 Å². The number of para-hydroxylation sites is 1. The van der Waals surface area contributed by atoms with Crippen molar-refractivity contribution in [3.8, 4) is 0 Å². The summed E-state index contributed by atoms with van der Waals surface area (Å²) in [6, 6.07) is 11.6. The molecule has 0 radical (unpaired) electrons. The minimum absolute atomic E-state index is 0.0320. The minimum atomic E-state index is -3.82. The normalized spacial score (nSPS) is 18.9. The van der Waals surface area contributed by atoms with E-state index in [4.69, 9.17) is 16.3 Å². The summed E-state index contributed by atoms with van der Waals surface area (Å²) in [5, 5.41) is 0.0469. The third-order valence-corrected chi connectivity index (χ3v) is 8.28. The van der Waals surface area contributed by atoms with E-state index in [1.165, 1.54) is 22.5 Å². The zero-order valence-electron chi connectivity index (χ0n) is 17.8. The molecule has 0 aromatic heterocycles. The molecule has 2 aliphatic heterocycles. The summed E-state index contributed by atoms with van der Waals surface area (Å²) in [5.41, 5.74) is 1.93. The quantitative estimate of drug-likeness (QED) is 0.615. The molecule has 1 amide bonds. The van der Waals surface area contributed by atoms with Gasteiger partial charge in [0.2, 0.25) is 10.0 Å². The molecular formula is C23H25ClN2O5S. The molecule has 0 aliphatic carbocycles. The topological polar surface area (TPSA) is 84.0 Å². The first-order valence-electron chi connectivity index (χ1n) is 10.7. The summed E-state index contributed by atoms with van der Waals surface area (Å²) in [6.07, 6.45) is 3.31. The Morgan fingerprint density at radius 3 is 2.56 bits per heavy atom. The lowest BCUT2D eigenvalue weighted by atomic mass is 10.1. The Morgan fingerprint density at radius 1 is 1.09 bits per heavy atom. The fourth-order valence-corrected chi connectivity index (χ4v) is 6.32. The van der Waals surface area contributed by atoms with Crippen LogP contribution in [0.25, 0.3) is 0 Å². The van der Waals surface area contributed by atoms with E-state index in [1.807, 2.05) is 31.2 Å². The largest absolute Gasteiger partial charge is 0.452 e. The lowest BCUT2D eigenvalue weighted by Gasteiger charge is -2.26. The van der Waals surface area contributed by atoms with Gasteiger partial charge in [0, 0.05) is 24.8 Å². The number of fused-ring (bicyclic) bond motifs is 1. The highest BCUT2D eigenvalue weighted by atomic mass is 35.5. The van der Waals surface area contributed by atoms with Crippen LogP contribution >= 0.6 is 11.6 Å². The van der Waals surface area contributed by atoms with Crippen LogP contribution in [0.1, 0.15) is 42.1 Å². The van der Waals surface area contributed by atoms with E-state index in [1.54, 1.807) is 4.90 Å². The highest BCUT2D eigenvalue weighted by molar-refractivity contribution is 7.89. The number of anilines is 1. The van der Waals surface area contributed by atoms with Gasteiger partial charge in [-0.05, 0) is 56.0 Å². The van der Waals surface area contributed by atoms with Crippen molar-refractivity contribution in [2.75, 3.05) is 24.6 Å². The first kappa shape index (κ1) is 22.8. The maximum Gasteiger partial charge on any atom is 0.338 e. The average Bonchev–Trinajstić information content (AvgIpc) is 3.13. The Balaban J connectivity index is 1.47. The molecule has 1 saturated heterocycles. The first-order chi connectivity index (χ1) is 15.3. The first-order valence-corrected chi connectivity index (χ1v) is 12.5. The van der Waals surface area contributed by atoms with Crippen molar-refractivity contribution in [3.05, 3.63) is 58.6 Å². The number of halogens is 1. The van der Waals surface area contributed by atoms with Crippen LogP contribution in [0.15, 0.2) is 47.4 Å². The van der Waals surface area contributed by atoms with E-state index in [-0.39, 0.29) is 27.4 Å². The zero-order valence-corrected chi connectivity index (χ0v) is 19.4. The predicted molar refractivity (Wildman–Crippen MR) is 121 cm³/mol. The number of nitrogens with zero attached hydrogens (tertiary/aromatic N) is 2. The summed E-state index contributed by atoms with van der Waals surface area (Å²) in [4.78, 5) is 26.9.